The van der Waals surface area contributed by atoms with Gasteiger partial charge >= 0.3 is 12.1 Å². The number of carboxylic acid groups (broad SMARTS) is 1. The maximum absolute atomic E-state index is 12.7. The zero-order chi connectivity index (χ0) is 21.7. The number of nitrogens with one attached hydrogen (secondary N) is 1. The molecule has 9 nitrogen and oxygen atoms in total. The lowest BCUT2D eigenvalue weighted by molar-refractivity contribution is -0.141. The highest BCUT2D eigenvalue weighted by molar-refractivity contribution is 7.10. The molecule has 0 aliphatic carbocycles. The topological polar surface area (TPSA) is 134 Å². The second-order valence-corrected chi connectivity index (χ2v) is 7.87. The van der Waals surface area contributed by atoms with E-state index in [-0.39, 0.29) is 30.8 Å². The molecular weight excluding hydrogens is 408 g/mol. The summed E-state index contributed by atoms with van der Waals surface area (Å²) < 4.78 is 0. The minimum atomic E-state index is -1.11. The summed E-state index contributed by atoms with van der Waals surface area (Å²) in [6, 6.07) is 10.6. The Balaban J connectivity index is 1.62. The third-order valence-corrected chi connectivity index (χ3v) is 5.72. The molecule has 1 aromatic carbocycles. The molecule has 2 atom stereocenters. The van der Waals surface area contributed by atoms with Crippen molar-refractivity contribution in [3.05, 3.63) is 57.8 Å². The highest BCUT2D eigenvalue weighted by Gasteiger charge is 2.40. The van der Waals surface area contributed by atoms with E-state index in [1.807, 2.05) is 30.3 Å². The quantitative estimate of drug-likeness (QED) is 0.278. The summed E-state index contributed by atoms with van der Waals surface area (Å²) in [5.41, 5.74) is 7.34. The van der Waals surface area contributed by atoms with Crippen molar-refractivity contribution in [1.82, 2.24) is 10.2 Å². The fourth-order valence-corrected chi connectivity index (χ4v) is 4.15. The third kappa shape index (κ3) is 5.15. The molecule has 2 heterocycles. The zero-order valence-electron chi connectivity index (χ0n) is 16.3. The Labute approximate surface area is 177 Å². The van der Waals surface area contributed by atoms with Gasteiger partial charge in [0.05, 0.1) is 6.54 Å². The van der Waals surface area contributed by atoms with Crippen molar-refractivity contribution in [1.29, 1.82) is 0 Å². The van der Waals surface area contributed by atoms with Crippen LogP contribution in [0.2, 0.25) is 0 Å². The van der Waals surface area contributed by atoms with Crippen LogP contribution in [0.5, 0.6) is 0 Å². The summed E-state index contributed by atoms with van der Waals surface area (Å²) in [6.07, 6.45) is -0.679. The first-order valence-corrected chi connectivity index (χ1v) is 10.1. The molecule has 0 saturated carbocycles. The molecule has 30 heavy (non-hydrogen) atoms. The Kier molecular flexibility index (Phi) is 6.68. The van der Waals surface area contributed by atoms with Crippen molar-refractivity contribution in [2.75, 3.05) is 6.54 Å². The van der Waals surface area contributed by atoms with E-state index in [9.17, 15) is 19.5 Å². The first kappa shape index (κ1) is 21.3. The normalized spacial score (nSPS) is 18.8. The lowest BCUT2D eigenvalue weighted by Gasteiger charge is -2.20. The van der Waals surface area contributed by atoms with Crippen LogP contribution < -0.4 is 11.1 Å². The summed E-state index contributed by atoms with van der Waals surface area (Å²) in [4.78, 5) is 41.7. The highest BCUT2D eigenvalue weighted by Crippen LogP contribution is 2.32. The smallest absolute Gasteiger partial charge is 0.408 e. The maximum atomic E-state index is 12.7. The fraction of sp³-hybridized carbons (Fsp3) is 0.300. The van der Waals surface area contributed by atoms with E-state index in [4.69, 9.17) is 5.73 Å². The van der Waals surface area contributed by atoms with Crippen molar-refractivity contribution in [2.45, 2.75) is 31.8 Å². The molecule has 2 aromatic rings. The van der Waals surface area contributed by atoms with E-state index in [1.54, 1.807) is 11.4 Å². The lowest BCUT2D eigenvalue weighted by Crippen LogP contribution is -2.45. The average molecular weight is 430 g/mol. The van der Waals surface area contributed by atoms with Gasteiger partial charge in [-0.05, 0) is 18.1 Å². The van der Waals surface area contributed by atoms with E-state index in [1.165, 1.54) is 23.2 Å². The summed E-state index contributed by atoms with van der Waals surface area (Å²) in [6.45, 7) is 1.73. The number of hydrogen-bond acceptors (Lipinski definition) is 6. The summed E-state index contributed by atoms with van der Waals surface area (Å²) >= 11 is 1.36. The van der Waals surface area contributed by atoms with Gasteiger partial charge in [0.1, 0.15) is 6.04 Å². The number of benzene rings is 1. The van der Waals surface area contributed by atoms with Crippen LogP contribution in [-0.4, -0.2) is 46.4 Å². The van der Waals surface area contributed by atoms with E-state index in [2.05, 4.69) is 15.3 Å². The minimum absolute atomic E-state index is 0.0244. The molecule has 1 aromatic heterocycles. The summed E-state index contributed by atoms with van der Waals surface area (Å²) in [5.74, 6) is -0.886. The number of oxime groups is 1. The SMILES string of the molecule is CC(=O)O/N=C(/N)c1csc(CNC(=O)[C@@H]2C[C@H](c3ccccc3)CN2C(=O)O)c1. The van der Waals surface area contributed by atoms with Gasteiger partial charge in [-0.15, -0.1) is 11.3 Å². The predicted molar refractivity (Wildman–Crippen MR) is 111 cm³/mol. The van der Waals surface area contributed by atoms with Crippen molar-refractivity contribution >= 4 is 35.1 Å². The Hall–Kier alpha value is -3.40. The van der Waals surface area contributed by atoms with Gasteiger partial charge in [-0.3, -0.25) is 9.69 Å². The number of carbonyl (C=O) groups is 3. The number of carbonyl (C=O) groups excluding carboxylic acids is 2. The van der Waals surface area contributed by atoms with E-state index < -0.39 is 18.1 Å². The van der Waals surface area contributed by atoms with Crippen molar-refractivity contribution < 1.29 is 24.3 Å². The third-order valence-electron chi connectivity index (χ3n) is 4.78. The first-order valence-electron chi connectivity index (χ1n) is 9.26. The Morgan fingerprint density at radius 3 is 2.73 bits per heavy atom. The minimum Gasteiger partial charge on any atom is -0.465 e. The maximum Gasteiger partial charge on any atom is 0.408 e. The van der Waals surface area contributed by atoms with Crippen LogP contribution in [-0.2, 0) is 21.0 Å². The number of nitrogens with two attached hydrogens (primary N) is 1. The molecule has 1 fully saturated rings. The molecule has 0 spiro atoms. The van der Waals surface area contributed by atoms with Crippen LogP contribution >= 0.6 is 11.3 Å². The number of rotatable bonds is 6. The zero-order valence-corrected chi connectivity index (χ0v) is 17.1. The predicted octanol–water partition coefficient (Wildman–Crippen LogP) is 2.08. The van der Waals surface area contributed by atoms with Crippen LogP contribution in [0.1, 0.15) is 35.3 Å². The van der Waals surface area contributed by atoms with Gasteiger partial charge in [0.2, 0.25) is 5.91 Å². The van der Waals surface area contributed by atoms with E-state index in [0.29, 0.717) is 12.0 Å². The number of thiophene rings is 1. The molecule has 1 saturated heterocycles. The molecule has 1 aliphatic rings. The Morgan fingerprint density at radius 2 is 2.07 bits per heavy atom. The van der Waals surface area contributed by atoms with Gasteiger partial charge in [0, 0.05) is 35.2 Å². The van der Waals surface area contributed by atoms with E-state index >= 15 is 0 Å². The van der Waals surface area contributed by atoms with Crippen LogP contribution in [0.15, 0.2) is 46.9 Å². The molecule has 0 unspecified atom stereocenters. The number of hydrogen-bond donors (Lipinski definition) is 3. The summed E-state index contributed by atoms with van der Waals surface area (Å²) in [7, 11) is 0. The molecule has 1 aliphatic heterocycles. The molecule has 10 heteroatoms. The Morgan fingerprint density at radius 1 is 1.33 bits per heavy atom. The first-order chi connectivity index (χ1) is 14.3. The largest absolute Gasteiger partial charge is 0.465 e. The van der Waals surface area contributed by atoms with Crippen LogP contribution in [0.25, 0.3) is 0 Å². The molecule has 0 bridgehead atoms. The van der Waals surface area contributed by atoms with Crippen molar-refractivity contribution in [3.63, 3.8) is 0 Å². The number of amides is 2. The average Bonchev–Trinajstić information content (AvgIpc) is 3.38. The van der Waals surface area contributed by atoms with Crippen LogP contribution in [0, 0.1) is 0 Å². The Bertz CT molecular complexity index is 959. The second kappa shape index (κ2) is 9.40. The molecule has 158 valence electrons. The number of likely N-dealkylation sites (tertiary alicyclic amines) is 1. The monoisotopic (exact) mass is 430 g/mol. The number of amidine groups is 1. The molecule has 3 rings (SSSR count). The van der Waals surface area contributed by atoms with Gasteiger partial charge < -0.3 is 21.0 Å². The van der Waals surface area contributed by atoms with Crippen LogP contribution in [0.3, 0.4) is 0 Å². The van der Waals surface area contributed by atoms with Gasteiger partial charge in [0.15, 0.2) is 5.84 Å². The molecule has 0 radical (unpaired) electrons. The molecule has 2 amide bonds. The van der Waals surface area contributed by atoms with Crippen molar-refractivity contribution in [3.8, 4) is 0 Å². The highest BCUT2D eigenvalue weighted by atomic mass is 32.1. The summed E-state index contributed by atoms with van der Waals surface area (Å²) in [5, 5.41) is 17.6. The van der Waals surface area contributed by atoms with Crippen LogP contribution in [0.4, 0.5) is 4.79 Å². The van der Waals surface area contributed by atoms with Gasteiger partial charge in [-0.25, -0.2) is 9.59 Å². The molecule has 4 N–H and O–H groups in total. The molecular formula is C20H22N4O5S. The van der Waals surface area contributed by atoms with Gasteiger partial charge in [0.25, 0.3) is 0 Å². The number of nitrogens with zero attached hydrogens (tertiary/aromatic N) is 2. The van der Waals surface area contributed by atoms with Gasteiger partial charge in [-0.2, -0.15) is 0 Å². The standard InChI is InChI=1S/C20H22N4O5S/c1-12(25)29-23-18(21)15-7-16(30-11-15)9-22-19(26)17-8-14(10-24(17)20(27)28)13-5-3-2-4-6-13/h2-7,11,14,17H,8-10H2,1H3,(H2,21,23)(H,22,26)(H,27,28)/t14-,17-/m0/s1. The van der Waals surface area contributed by atoms with E-state index in [0.717, 1.165) is 10.4 Å². The fourth-order valence-electron chi connectivity index (χ4n) is 3.33. The van der Waals surface area contributed by atoms with Crippen molar-refractivity contribution in [2.24, 2.45) is 10.9 Å². The van der Waals surface area contributed by atoms with Gasteiger partial charge in [-0.1, -0.05) is 35.5 Å². The second-order valence-electron chi connectivity index (χ2n) is 6.87. The lowest BCUT2D eigenvalue weighted by atomic mass is 9.96.